The molecule has 190 valence electrons. The standard InChI is InChI=1S/C26H31ClN6O2S/c1-25(2,3)21(22(32-16-28-15-29-32)35-20-11-7-17(27)8-12-20)30-23-26(4,5)33(24(36)31-23)18-9-13-19(34-6)14-10-18/h7-16,21-22H,1-6H3,(H,30,31,36)/t21-,22-/m1/s1. The average Bonchev–Trinajstić information content (AvgIpc) is 3.43. The van der Waals surface area contributed by atoms with Gasteiger partial charge in [-0.05, 0) is 80.0 Å². The zero-order chi connectivity index (χ0) is 26.1. The third-order valence-electron chi connectivity index (χ3n) is 6.09. The van der Waals surface area contributed by atoms with Gasteiger partial charge in [-0.2, -0.15) is 5.10 Å². The van der Waals surface area contributed by atoms with E-state index in [4.69, 9.17) is 38.3 Å². The number of nitrogens with zero attached hydrogens (tertiary/aromatic N) is 5. The Balaban J connectivity index is 1.74. The van der Waals surface area contributed by atoms with Gasteiger partial charge in [0.1, 0.15) is 36.0 Å². The molecule has 0 spiro atoms. The van der Waals surface area contributed by atoms with Crippen LogP contribution in [0.2, 0.25) is 5.02 Å². The molecule has 0 amide bonds. The first-order chi connectivity index (χ1) is 17.0. The summed E-state index contributed by atoms with van der Waals surface area (Å²) in [4.78, 5) is 11.5. The van der Waals surface area contributed by atoms with E-state index < -0.39 is 11.8 Å². The Morgan fingerprint density at radius 3 is 2.25 bits per heavy atom. The van der Waals surface area contributed by atoms with Gasteiger partial charge in [-0.3, -0.25) is 4.99 Å². The minimum atomic E-state index is -0.567. The highest BCUT2D eigenvalue weighted by Gasteiger charge is 2.45. The maximum atomic E-state index is 6.45. The maximum absolute atomic E-state index is 6.45. The van der Waals surface area contributed by atoms with Crippen molar-refractivity contribution in [3.05, 3.63) is 66.2 Å². The molecule has 1 aromatic heterocycles. The molecule has 10 heteroatoms. The minimum Gasteiger partial charge on any atom is -0.497 e. The van der Waals surface area contributed by atoms with Gasteiger partial charge in [0.05, 0.1) is 12.6 Å². The SMILES string of the molecule is COc1ccc(N2C(=S)NC(=N[C@H]([C@@H](Oc3ccc(Cl)cc3)n3cncn3)C(C)(C)C)C2(C)C)cc1. The second kappa shape index (κ2) is 10.1. The Labute approximate surface area is 222 Å². The van der Waals surface area contributed by atoms with E-state index in [1.54, 1.807) is 30.3 Å². The highest BCUT2D eigenvalue weighted by molar-refractivity contribution is 7.80. The summed E-state index contributed by atoms with van der Waals surface area (Å²) in [6.45, 7) is 10.5. The largest absolute Gasteiger partial charge is 0.497 e. The fourth-order valence-electron chi connectivity index (χ4n) is 4.12. The zero-order valence-corrected chi connectivity index (χ0v) is 22.8. The summed E-state index contributed by atoms with van der Waals surface area (Å²) in [5, 5.41) is 8.95. The molecule has 8 nitrogen and oxygen atoms in total. The van der Waals surface area contributed by atoms with E-state index in [0.29, 0.717) is 15.9 Å². The van der Waals surface area contributed by atoms with Crippen molar-refractivity contribution in [2.45, 2.75) is 52.4 Å². The van der Waals surface area contributed by atoms with E-state index in [9.17, 15) is 0 Å². The van der Waals surface area contributed by atoms with Crippen molar-refractivity contribution < 1.29 is 9.47 Å². The van der Waals surface area contributed by atoms with E-state index >= 15 is 0 Å². The van der Waals surface area contributed by atoms with Gasteiger partial charge in [-0.1, -0.05) is 32.4 Å². The third kappa shape index (κ3) is 5.32. The van der Waals surface area contributed by atoms with Crippen LogP contribution in [0.1, 0.15) is 40.8 Å². The number of aliphatic imine (C=N–C) groups is 1. The topological polar surface area (TPSA) is 76.8 Å². The van der Waals surface area contributed by atoms with Gasteiger partial charge in [0.15, 0.2) is 5.11 Å². The summed E-state index contributed by atoms with van der Waals surface area (Å²) in [6, 6.07) is 14.7. The number of thiocarbonyl (C=S) groups is 1. The molecule has 36 heavy (non-hydrogen) atoms. The highest BCUT2D eigenvalue weighted by Crippen LogP contribution is 2.36. The molecule has 0 bridgehead atoms. The summed E-state index contributed by atoms with van der Waals surface area (Å²) in [6.07, 6.45) is 2.56. The van der Waals surface area contributed by atoms with Crippen molar-refractivity contribution >= 4 is 40.5 Å². The van der Waals surface area contributed by atoms with Gasteiger partial charge in [0.2, 0.25) is 6.23 Å². The second-order valence-electron chi connectivity index (χ2n) is 10.1. The summed E-state index contributed by atoms with van der Waals surface area (Å²) in [7, 11) is 1.65. The van der Waals surface area contributed by atoms with Gasteiger partial charge in [-0.15, -0.1) is 0 Å². The minimum absolute atomic E-state index is 0.303. The summed E-state index contributed by atoms with van der Waals surface area (Å²) < 4.78 is 13.5. The summed E-state index contributed by atoms with van der Waals surface area (Å²) in [5.74, 6) is 2.18. The molecule has 0 saturated carbocycles. The number of rotatable bonds is 7. The second-order valence-corrected chi connectivity index (χ2v) is 11.0. The molecule has 1 N–H and O–H groups in total. The zero-order valence-electron chi connectivity index (χ0n) is 21.3. The molecule has 0 unspecified atom stereocenters. The molecular weight excluding hydrogens is 496 g/mol. The van der Waals surface area contributed by atoms with Crippen molar-refractivity contribution in [2.24, 2.45) is 10.4 Å². The lowest BCUT2D eigenvalue weighted by Gasteiger charge is -2.36. The normalized spacial score (nSPS) is 18.1. The predicted molar refractivity (Wildman–Crippen MR) is 147 cm³/mol. The number of benzene rings is 2. The van der Waals surface area contributed by atoms with Crippen LogP contribution in [0.15, 0.2) is 66.2 Å². The number of halogens is 1. The van der Waals surface area contributed by atoms with Gasteiger partial charge >= 0.3 is 0 Å². The lowest BCUT2D eigenvalue weighted by atomic mass is 9.85. The summed E-state index contributed by atoms with van der Waals surface area (Å²) >= 11 is 11.8. The van der Waals surface area contributed by atoms with Gasteiger partial charge in [-0.25, -0.2) is 9.67 Å². The molecule has 0 radical (unpaired) electrons. The van der Waals surface area contributed by atoms with E-state index in [-0.39, 0.29) is 11.5 Å². The van der Waals surface area contributed by atoms with E-state index in [1.165, 1.54) is 6.33 Å². The molecule has 2 heterocycles. The van der Waals surface area contributed by atoms with Crippen LogP contribution < -0.4 is 19.7 Å². The van der Waals surface area contributed by atoms with Crippen molar-refractivity contribution in [3.8, 4) is 11.5 Å². The van der Waals surface area contributed by atoms with Crippen LogP contribution in [0.5, 0.6) is 11.5 Å². The Hall–Kier alpha value is -3.17. The number of hydrogen-bond donors (Lipinski definition) is 1. The number of aromatic nitrogens is 3. The molecule has 4 rings (SSSR count). The van der Waals surface area contributed by atoms with Crippen LogP contribution in [0, 0.1) is 5.41 Å². The number of hydrogen-bond acceptors (Lipinski definition) is 6. The van der Waals surface area contributed by atoms with E-state index in [0.717, 1.165) is 17.3 Å². The molecule has 1 aliphatic rings. The molecule has 0 aliphatic carbocycles. The van der Waals surface area contributed by atoms with Crippen LogP contribution in [-0.4, -0.2) is 44.4 Å². The predicted octanol–water partition coefficient (Wildman–Crippen LogP) is 5.50. The number of amidine groups is 1. The van der Waals surface area contributed by atoms with E-state index in [1.807, 2.05) is 36.4 Å². The molecular formula is C26H31ClN6O2S. The van der Waals surface area contributed by atoms with Crippen molar-refractivity contribution in [1.29, 1.82) is 0 Å². The first-order valence-corrected chi connectivity index (χ1v) is 12.4. The molecule has 3 aromatic rings. The lowest BCUT2D eigenvalue weighted by molar-refractivity contribution is 0.0470. The quantitative estimate of drug-likeness (QED) is 0.407. The Bertz CT molecular complexity index is 1220. The Morgan fingerprint density at radius 1 is 1.06 bits per heavy atom. The Morgan fingerprint density at radius 2 is 1.69 bits per heavy atom. The molecule has 1 saturated heterocycles. The summed E-state index contributed by atoms with van der Waals surface area (Å²) in [5.41, 5.74) is 0.103. The van der Waals surface area contributed by atoms with Crippen molar-refractivity contribution in [3.63, 3.8) is 0 Å². The smallest absolute Gasteiger partial charge is 0.215 e. The van der Waals surface area contributed by atoms with Crippen LogP contribution in [0.25, 0.3) is 0 Å². The first-order valence-electron chi connectivity index (χ1n) is 11.6. The third-order valence-corrected chi connectivity index (χ3v) is 6.63. The van der Waals surface area contributed by atoms with Crippen LogP contribution in [0.3, 0.4) is 0 Å². The van der Waals surface area contributed by atoms with E-state index in [2.05, 4.69) is 54.9 Å². The van der Waals surface area contributed by atoms with Gasteiger partial charge in [0.25, 0.3) is 0 Å². The Kier molecular flexibility index (Phi) is 7.24. The van der Waals surface area contributed by atoms with Gasteiger partial charge < -0.3 is 19.7 Å². The number of ether oxygens (including phenoxy) is 2. The number of nitrogens with one attached hydrogen (secondary N) is 1. The highest BCUT2D eigenvalue weighted by atomic mass is 35.5. The lowest BCUT2D eigenvalue weighted by Crippen LogP contribution is -2.46. The van der Waals surface area contributed by atoms with Crippen molar-refractivity contribution in [1.82, 2.24) is 20.1 Å². The monoisotopic (exact) mass is 526 g/mol. The number of methoxy groups -OCH3 is 1. The average molecular weight is 527 g/mol. The fourth-order valence-corrected chi connectivity index (χ4v) is 4.68. The molecule has 2 aromatic carbocycles. The van der Waals surface area contributed by atoms with Crippen LogP contribution >= 0.6 is 23.8 Å². The van der Waals surface area contributed by atoms with Crippen LogP contribution in [0.4, 0.5) is 5.69 Å². The molecule has 1 aliphatic heterocycles. The molecule has 1 fully saturated rings. The van der Waals surface area contributed by atoms with Gasteiger partial charge in [0, 0.05) is 10.7 Å². The molecule has 2 atom stereocenters. The van der Waals surface area contributed by atoms with Crippen LogP contribution in [-0.2, 0) is 0 Å². The number of anilines is 1. The first kappa shape index (κ1) is 25.9. The maximum Gasteiger partial charge on any atom is 0.215 e. The van der Waals surface area contributed by atoms with Crippen molar-refractivity contribution in [2.75, 3.05) is 12.0 Å². The fraction of sp³-hybridized carbons (Fsp3) is 0.385.